The van der Waals surface area contributed by atoms with Crippen LogP contribution in [0.25, 0.3) is 6.08 Å². The van der Waals surface area contributed by atoms with Gasteiger partial charge in [-0.15, -0.1) is 0 Å². The van der Waals surface area contributed by atoms with Crippen molar-refractivity contribution >= 4 is 35.2 Å². The predicted molar refractivity (Wildman–Crippen MR) is 65.6 cm³/mol. The lowest BCUT2D eigenvalue weighted by atomic mass is 10.2. The Kier molecular flexibility index (Phi) is 5.32. The monoisotopic (exact) mass is 259 g/mol. The summed E-state index contributed by atoms with van der Waals surface area (Å²) in [5.41, 5.74) is 0.747. The molecule has 0 atom stereocenters. The van der Waals surface area contributed by atoms with E-state index in [-0.39, 0.29) is 19.1 Å². The number of aliphatic hydroxyl groups is 1. The van der Waals surface area contributed by atoms with Crippen molar-refractivity contribution < 1.29 is 9.90 Å². The van der Waals surface area contributed by atoms with E-state index in [0.29, 0.717) is 10.0 Å². The van der Waals surface area contributed by atoms with Crippen molar-refractivity contribution in [2.75, 3.05) is 13.2 Å². The highest BCUT2D eigenvalue weighted by molar-refractivity contribution is 6.34. The first kappa shape index (κ1) is 13.0. The fourth-order valence-corrected chi connectivity index (χ4v) is 1.62. The van der Waals surface area contributed by atoms with E-state index in [1.165, 1.54) is 6.08 Å². The zero-order chi connectivity index (χ0) is 12.0. The molecule has 0 aliphatic rings. The summed E-state index contributed by atoms with van der Waals surface area (Å²) in [6.07, 6.45) is 2.96. The van der Waals surface area contributed by atoms with Crippen LogP contribution in [0.2, 0.25) is 10.0 Å². The topological polar surface area (TPSA) is 49.3 Å². The molecule has 0 radical (unpaired) electrons. The Balaban J connectivity index is 2.65. The zero-order valence-corrected chi connectivity index (χ0v) is 9.92. The number of amides is 1. The summed E-state index contributed by atoms with van der Waals surface area (Å²) in [7, 11) is 0. The van der Waals surface area contributed by atoms with Crippen LogP contribution >= 0.6 is 23.2 Å². The summed E-state index contributed by atoms with van der Waals surface area (Å²) in [5, 5.41) is 12.0. The van der Waals surface area contributed by atoms with E-state index in [1.54, 1.807) is 24.3 Å². The van der Waals surface area contributed by atoms with Crippen molar-refractivity contribution in [3.05, 3.63) is 39.9 Å². The first-order valence-corrected chi connectivity index (χ1v) is 5.40. The third-order valence-electron chi connectivity index (χ3n) is 1.72. The number of hydrogen-bond donors (Lipinski definition) is 2. The molecule has 1 amide bonds. The second kappa shape index (κ2) is 6.53. The molecule has 0 heterocycles. The molecule has 0 saturated heterocycles. The van der Waals surface area contributed by atoms with Crippen LogP contribution in [-0.4, -0.2) is 24.2 Å². The van der Waals surface area contributed by atoms with Gasteiger partial charge < -0.3 is 10.4 Å². The molecule has 86 valence electrons. The average Bonchev–Trinajstić information content (AvgIpc) is 2.22. The minimum Gasteiger partial charge on any atom is -0.395 e. The van der Waals surface area contributed by atoms with Gasteiger partial charge in [-0.25, -0.2) is 0 Å². The summed E-state index contributed by atoms with van der Waals surface area (Å²) in [5.74, 6) is -0.273. The Bertz CT molecular complexity index is 385. The Labute approximate surface area is 104 Å². The molecule has 0 aliphatic carbocycles. The van der Waals surface area contributed by atoms with Crippen LogP contribution < -0.4 is 5.32 Å². The number of benzene rings is 1. The van der Waals surface area contributed by atoms with Crippen LogP contribution in [0.5, 0.6) is 0 Å². The fraction of sp³-hybridized carbons (Fsp3) is 0.182. The van der Waals surface area contributed by atoms with Crippen LogP contribution in [0.1, 0.15) is 5.56 Å². The second-order valence-corrected chi connectivity index (χ2v) is 3.92. The van der Waals surface area contributed by atoms with Crippen LogP contribution in [0.3, 0.4) is 0 Å². The summed E-state index contributed by atoms with van der Waals surface area (Å²) < 4.78 is 0. The Morgan fingerprint density at radius 2 is 1.94 bits per heavy atom. The smallest absolute Gasteiger partial charge is 0.244 e. The largest absolute Gasteiger partial charge is 0.395 e. The van der Waals surface area contributed by atoms with E-state index in [4.69, 9.17) is 28.3 Å². The highest BCUT2D eigenvalue weighted by Crippen LogP contribution is 2.19. The molecule has 0 unspecified atom stereocenters. The maximum atomic E-state index is 11.2. The van der Waals surface area contributed by atoms with Gasteiger partial charge in [0.2, 0.25) is 5.91 Å². The summed E-state index contributed by atoms with van der Waals surface area (Å²) in [6.45, 7) is 0.155. The maximum Gasteiger partial charge on any atom is 0.244 e. The van der Waals surface area contributed by atoms with Crippen molar-refractivity contribution in [3.8, 4) is 0 Å². The van der Waals surface area contributed by atoms with Gasteiger partial charge >= 0.3 is 0 Å². The van der Waals surface area contributed by atoms with E-state index in [0.717, 1.165) is 5.56 Å². The van der Waals surface area contributed by atoms with Gasteiger partial charge in [-0.1, -0.05) is 23.2 Å². The van der Waals surface area contributed by atoms with Crippen molar-refractivity contribution in [1.29, 1.82) is 0 Å². The minimum atomic E-state index is -0.273. The number of nitrogens with one attached hydrogen (secondary N) is 1. The summed E-state index contributed by atoms with van der Waals surface area (Å²) in [6, 6.07) is 5.01. The van der Waals surface area contributed by atoms with Crippen molar-refractivity contribution in [3.63, 3.8) is 0 Å². The molecule has 0 aromatic heterocycles. The molecule has 0 saturated carbocycles. The first-order valence-electron chi connectivity index (χ1n) is 4.64. The van der Waals surface area contributed by atoms with Gasteiger partial charge in [-0.05, 0) is 29.8 Å². The van der Waals surface area contributed by atoms with Gasteiger partial charge in [0.05, 0.1) is 6.61 Å². The van der Waals surface area contributed by atoms with Crippen LogP contribution in [0, 0.1) is 0 Å². The molecule has 1 aromatic rings. The van der Waals surface area contributed by atoms with E-state index in [2.05, 4.69) is 5.32 Å². The lowest BCUT2D eigenvalue weighted by Gasteiger charge is -1.98. The van der Waals surface area contributed by atoms with E-state index < -0.39 is 0 Å². The first-order chi connectivity index (χ1) is 7.61. The van der Waals surface area contributed by atoms with E-state index >= 15 is 0 Å². The Morgan fingerprint density at radius 1 is 1.31 bits per heavy atom. The maximum absolute atomic E-state index is 11.2. The molecule has 0 aliphatic heterocycles. The van der Waals surface area contributed by atoms with Crippen LogP contribution in [0.4, 0.5) is 0 Å². The van der Waals surface area contributed by atoms with E-state index in [9.17, 15) is 4.79 Å². The Hall–Kier alpha value is -1.03. The average molecular weight is 260 g/mol. The third-order valence-corrected chi connectivity index (χ3v) is 2.16. The predicted octanol–water partition coefficient (Wildman–Crippen LogP) is 2.12. The van der Waals surface area contributed by atoms with Gasteiger partial charge in [0, 0.05) is 22.7 Å². The van der Waals surface area contributed by atoms with Crippen molar-refractivity contribution in [1.82, 2.24) is 5.32 Å². The van der Waals surface area contributed by atoms with Crippen LogP contribution in [-0.2, 0) is 4.79 Å². The zero-order valence-electron chi connectivity index (χ0n) is 8.41. The van der Waals surface area contributed by atoms with Crippen molar-refractivity contribution in [2.45, 2.75) is 0 Å². The SMILES string of the molecule is O=C(/C=C/c1cc(Cl)cc(Cl)c1)NCCO. The van der Waals surface area contributed by atoms with Gasteiger partial charge in [0.15, 0.2) is 0 Å². The van der Waals surface area contributed by atoms with Gasteiger partial charge in [0.1, 0.15) is 0 Å². The normalized spacial score (nSPS) is 10.7. The third kappa shape index (κ3) is 4.66. The lowest BCUT2D eigenvalue weighted by molar-refractivity contribution is -0.116. The lowest BCUT2D eigenvalue weighted by Crippen LogP contribution is -2.24. The number of halogens is 2. The van der Waals surface area contributed by atoms with Gasteiger partial charge in [-0.3, -0.25) is 4.79 Å². The number of hydrogen-bond acceptors (Lipinski definition) is 2. The fourth-order valence-electron chi connectivity index (χ4n) is 1.08. The molecular weight excluding hydrogens is 249 g/mol. The number of carbonyl (C=O) groups is 1. The molecule has 16 heavy (non-hydrogen) atoms. The standard InChI is InChI=1S/C11H11Cl2NO2/c12-9-5-8(6-10(13)7-9)1-2-11(16)14-3-4-15/h1-2,5-7,15H,3-4H2,(H,14,16)/b2-1+. The molecule has 0 bridgehead atoms. The molecular formula is C11H11Cl2NO2. The molecule has 5 heteroatoms. The molecule has 0 fully saturated rings. The molecule has 0 spiro atoms. The minimum absolute atomic E-state index is 0.0808. The molecule has 2 N–H and O–H groups in total. The summed E-state index contributed by atoms with van der Waals surface area (Å²) >= 11 is 11.6. The van der Waals surface area contributed by atoms with Gasteiger partial charge in [0.25, 0.3) is 0 Å². The van der Waals surface area contributed by atoms with Crippen LogP contribution in [0.15, 0.2) is 24.3 Å². The van der Waals surface area contributed by atoms with E-state index in [1.807, 2.05) is 0 Å². The van der Waals surface area contributed by atoms with Gasteiger partial charge in [-0.2, -0.15) is 0 Å². The molecule has 1 aromatic carbocycles. The molecule has 3 nitrogen and oxygen atoms in total. The quantitative estimate of drug-likeness (QED) is 0.814. The second-order valence-electron chi connectivity index (χ2n) is 3.05. The number of carbonyl (C=O) groups excluding carboxylic acids is 1. The molecule has 1 rings (SSSR count). The van der Waals surface area contributed by atoms with Crippen molar-refractivity contribution in [2.24, 2.45) is 0 Å². The summed E-state index contributed by atoms with van der Waals surface area (Å²) in [4.78, 5) is 11.2. The number of aliphatic hydroxyl groups excluding tert-OH is 1. The highest BCUT2D eigenvalue weighted by Gasteiger charge is 1.96. The Morgan fingerprint density at radius 3 is 2.50 bits per heavy atom. The highest BCUT2D eigenvalue weighted by atomic mass is 35.5. The number of rotatable bonds is 4.